The van der Waals surface area contributed by atoms with Crippen LogP contribution in [0.4, 0.5) is 0 Å². The average molecular weight is 260 g/mol. The molecule has 0 bridgehead atoms. The first-order valence-corrected chi connectivity index (χ1v) is 6.81. The molecule has 4 nitrogen and oxygen atoms in total. The number of H-pyrrole nitrogens is 1. The highest BCUT2D eigenvalue weighted by Crippen LogP contribution is 2.16. The molecule has 0 saturated heterocycles. The number of para-hydroxylation sites is 1. The summed E-state index contributed by atoms with van der Waals surface area (Å²) in [5, 5.41) is 12.2. The zero-order valence-electron chi connectivity index (χ0n) is 12.3. The van der Waals surface area contributed by atoms with Gasteiger partial charge in [0.15, 0.2) is 0 Å². The second-order valence-corrected chi connectivity index (χ2v) is 6.13. The van der Waals surface area contributed by atoms with Crippen molar-refractivity contribution in [2.45, 2.75) is 32.9 Å². The standard InChI is InChI=1S/C15H24N4/c1-15(2,3)16-9-10-19(4)11-14-12-7-5-6-8-13(12)17-18-14/h5-8,16H,9-11H2,1-4H3,(H,17,18). The van der Waals surface area contributed by atoms with Crippen molar-refractivity contribution >= 4 is 10.9 Å². The molecule has 2 N–H and O–H groups in total. The van der Waals surface area contributed by atoms with E-state index in [-0.39, 0.29) is 5.54 Å². The van der Waals surface area contributed by atoms with Gasteiger partial charge in [0, 0.05) is 30.6 Å². The van der Waals surface area contributed by atoms with E-state index in [0.717, 1.165) is 25.2 Å². The molecule has 104 valence electrons. The molecule has 0 saturated carbocycles. The zero-order valence-corrected chi connectivity index (χ0v) is 12.3. The molecule has 0 aliphatic carbocycles. The lowest BCUT2D eigenvalue weighted by molar-refractivity contribution is 0.301. The second kappa shape index (κ2) is 5.72. The fraction of sp³-hybridized carbons (Fsp3) is 0.533. The first-order valence-electron chi connectivity index (χ1n) is 6.81. The zero-order chi connectivity index (χ0) is 13.9. The van der Waals surface area contributed by atoms with Gasteiger partial charge in [0.05, 0.1) is 11.2 Å². The Labute approximate surface area is 115 Å². The molecule has 1 aromatic carbocycles. The number of hydrogen-bond acceptors (Lipinski definition) is 3. The first kappa shape index (κ1) is 14.0. The monoisotopic (exact) mass is 260 g/mol. The highest BCUT2D eigenvalue weighted by atomic mass is 15.2. The van der Waals surface area contributed by atoms with Gasteiger partial charge in [0.2, 0.25) is 0 Å². The van der Waals surface area contributed by atoms with E-state index in [2.05, 4.69) is 60.4 Å². The molecular weight excluding hydrogens is 236 g/mol. The van der Waals surface area contributed by atoms with Crippen LogP contribution in [-0.4, -0.2) is 40.8 Å². The quantitative estimate of drug-likeness (QED) is 0.867. The van der Waals surface area contributed by atoms with E-state index in [9.17, 15) is 0 Å². The van der Waals surface area contributed by atoms with Gasteiger partial charge in [-0.25, -0.2) is 0 Å². The Morgan fingerprint density at radius 2 is 2.00 bits per heavy atom. The highest BCUT2D eigenvalue weighted by Gasteiger charge is 2.10. The van der Waals surface area contributed by atoms with Crippen LogP contribution in [0.25, 0.3) is 10.9 Å². The molecule has 2 rings (SSSR count). The molecule has 4 heteroatoms. The Kier molecular flexibility index (Phi) is 4.22. The van der Waals surface area contributed by atoms with Gasteiger partial charge in [-0.3, -0.25) is 10.00 Å². The van der Waals surface area contributed by atoms with Crippen LogP contribution in [0.5, 0.6) is 0 Å². The first-order chi connectivity index (χ1) is 8.96. The number of hydrogen-bond donors (Lipinski definition) is 2. The van der Waals surface area contributed by atoms with Crippen LogP contribution in [0.3, 0.4) is 0 Å². The van der Waals surface area contributed by atoms with Crippen molar-refractivity contribution in [2.24, 2.45) is 0 Å². The van der Waals surface area contributed by atoms with E-state index in [4.69, 9.17) is 0 Å². The van der Waals surface area contributed by atoms with Crippen molar-refractivity contribution in [2.75, 3.05) is 20.1 Å². The summed E-state index contributed by atoms with van der Waals surface area (Å²) in [6.07, 6.45) is 0. The minimum atomic E-state index is 0.182. The molecule has 1 heterocycles. The normalized spacial score (nSPS) is 12.5. The number of nitrogens with one attached hydrogen (secondary N) is 2. The SMILES string of the molecule is CN(CCNC(C)(C)C)Cc1[nH]nc2ccccc12. The third kappa shape index (κ3) is 4.04. The van der Waals surface area contributed by atoms with Crippen LogP contribution in [0.1, 0.15) is 26.5 Å². The van der Waals surface area contributed by atoms with Crippen molar-refractivity contribution in [3.8, 4) is 0 Å². The number of fused-ring (bicyclic) bond motifs is 1. The molecule has 1 aromatic heterocycles. The Morgan fingerprint density at radius 3 is 2.74 bits per heavy atom. The maximum atomic E-state index is 4.32. The average Bonchev–Trinajstić information content (AvgIpc) is 2.71. The van der Waals surface area contributed by atoms with E-state index < -0.39 is 0 Å². The maximum absolute atomic E-state index is 4.32. The van der Waals surface area contributed by atoms with Gasteiger partial charge in [-0.2, -0.15) is 5.10 Å². The van der Waals surface area contributed by atoms with Crippen molar-refractivity contribution in [1.82, 2.24) is 20.4 Å². The fourth-order valence-corrected chi connectivity index (χ4v) is 2.11. The van der Waals surface area contributed by atoms with Gasteiger partial charge in [-0.05, 0) is 33.9 Å². The Hall–Kier alpha value is -1.39. The summed E-state index contributed by atoms with van der Waals surface area (Å²) in [5.41, 5.74) is 2.41. The van der Waals surface area contributed by atoms with Gasteiger partial charge >= 0.3 is 0 Å². The summed E-state index contributed by atoms with van der Waals surface area (Å²) in [4.78, 5) is 2.30. The van der Waals surface area contributed by atoms with Crippen LogP contribution in [0.2, 0.25) is 0 Å². The van der Waals surface area contributed by atoms with Crippen LogP contribution >= 0.6 is 0 Å². The summed E-state index contributed by atoms with van der Waals surface area (Å²) in [6, 6.07) is 8.23. The summed E-state index contributed by atoms with van der Waals surface area (Å²) >= 11 is 0. The van der Waals surface area contributed by atoms with Crippen LogP contribution in [0.15, 0.2) is 24.3 Å². The van der Waals surface area contributed by atoms with Gasteiger partial charge in [-0.1, -0.05) is 18.2 Å². The number of aromatic nitrogens is 2. The lowest BCUT2D eigenvalue weighted by atomic mass is 10.1. The molecule has 0 unspecified atom stereocenters. The number of likely N-dealkylation sites (N-methyl/N-ethyl adjacent to an activating group) is 1. The largest absolute Gasteiger partial charge is 0.311 e. The van der Waals surface area contributed by atoms with E-state index >= 15 is 0 Å². The van der Waals surface area contributed by atoms with Crippen LogP contribution < -0.4 is 5.32 Å². The van der Waals surface area contributed by atoms with E-state index in [1.165, 1.54) is 11.1 Å². The summed E-state index contributed by atoms with van der Waals surface area (Å²) in [5.74, 6) is 0. The molecule has 0 fully saturated rings. The van der Waals surface area contributed by atoms with Crippen LogP contribution in [-0.2, 0) is 6.54 Å². The van der Waals surface area contributed by atoms with Crippen molar-refractivity contribution < 1.29 is 0 Å². The summed E-state index contributed by atoms with van der Waals surface area (Å²) in [7, 11) is 2.14. The van der Waals surface area contributed by atoms with E-state index in [1.54, 1.807) is 0 Å². The Bertz CT molecular complexity index is 524. The number of nitrogens with zero attached hydrogens (tertiary/aromatic N) is 2. The van der Waals surface area contributed by atoms with E-state index in [0.29, 0.717) is 0 Å². The van der Waals surface area contributed by atoms with Gasteiger partial charge in [0.1, 0.15) is 0 Å². The molecule has 0 radical (unpaired) electrons. The summed E-state index contributed by atoms with van der Waals surface area (Å²) < 4.78 is 0. The number of aromatic amines is 1. The third-order valence-electron chi connectivity index (χ3n) is 3.12. The van der Waals surface area contributed by atoms with Gasteiger partial charge in [-0.15, -0.1) is 0 Å². The lowest BCUT2D eigenvalue weighted by Gasteiger charge is -2.23. The maximum Gasteiger partial charge on any atom is 0.0924 e. The molecule has 19 heavy (non-hydrogen) atoms. The topological polar surface area (TPSA) is 44.0 Å². The van der Waals surface area contributed by atoms with Gasteiger partial charge < -0.3 is 5.32 Å². The van der Waals surface area contributed by atoms with Crippen molar-refractivity contribution in [1.29, 1.82) is 0 Å². The molecule has 0 aliphatic heterocycles. The van der Waals surface area contributed by atoms with Gasteiger partial charge in [0.25, 0.3) is 0 Å². The Morgan fingerprint density at radius 1 is 1.26 bits per heavy atom. The third-order valence-corrected chi connectivity index (χ3v) is 3.12. The smallest absolute Gasteiger partial charge is 0.0924 e. The highest BCUT2D eigenvalue weighted by molar-refractivity contribution is 5.81. The molecular formula is C15H24N4. The second-order valence-electron chi connectivity index (χ2n) is 6.13. The molecule has 0 aliphatic rings. The summed E-state index contributed by atoms with van der Waals surface area (Å²) in [6.45, 7) is 9.48. The number of benzene rings is 1. The van der Waals surface area contributed by atoms with E-state index in [1.807, 2.05) is 12.1 Å². The van der Waals surface area contributed by atoms with Crippen molar-refractivity contribution in [3.63, 3.8) is 0 Å². The number of rotatable bonds is 5. The lowest BCUT2D eigenvalue weighted by Crippen LogP contribution is -2.40. The minimum Gasteiger partial charge on any atom is -0.311 e. The predicted octanol–water partition coefficient (Wildman–Crippen LogP) is 2.38. The molecule has 0 amide bonds. The fourth-order valence-electron chi connectivity index (χ4n) is 2.11. The van der Waals surface area contributed by atoms with Crippen LogP contribution in [0, 0.1) is 0 Å². The molecule has 0 spiro atoms. The Balaban J connectivity index is 1.90. The molecule has 2 aromatic rings. The molecule has 0 atom stereocenters. The predicted molar refractivity (Wildman–Crippen MR) is 80.2 cm³/mol. The van der Waals surface area contributed by atoms with Crippen molar-refractivity contribution in [3.05, 3.63) is 30.0 Å². The minimum absolute atomic E-state index is 0.182.